The molecule has 3 rings (SSSR count). The predicted molar refractivity (Wildman–Crippen MR) is 92.9 cm³/mol. The number of aromatic nitrogens is 1. The van der Waals surface area contributed by atoms with Gasteiger partial charge in [-0.1, -0.05) is 24.3 Å². The maximum Gasteiger partial charge on any atom is 0.274 e. The molecule has 2 amide bonds. The van der Waals surface area contributed by atoms with E-state index in [1.807, 2.05) is 6.07 Å². The largest absolute Gasteiger partial charge is 0.321 e. The maximum absolute atomic E-state index is 13.2. The molecule has 0 aliphatic rings. The van der Waals surface area contributed by atoms with E-state index in [0.717, 1.165) is 12.1 Å². The number of pyridine rings is 1. The predicted octanol–water partition coefficient (Wildman–Crippen LogP) is 3.86. The molecular weight excluding hydrogens is 340 g/mol. The summed E-state index contributed by atoms with van der Waals surface area (Å²) in [6, 6.07) is 16.2. The highest BCUT2D eigenvalue weighted by Crippen LogP contribution is 2.14. The number of hydrogen-bond donors (Lipinski definition) is 2. The van der Waals surface area contributed by atoms with Crippen LogP contribution < -0.4 is 10.6 Å². The Morgan fingerprint density at radius 3 is 1.92 bits per heavy atom. The van der Waals surface area contributed by atoms with Crippen molar-refractivity contribution in [1.29, 1.82) is 0 Å². The van der Waals surface area contributed by atoms with Gasteiger partial charge in [0, 0.05) is 17.4 Å². The smallest absolute Gasteiger partial charge is 0.274 e. The maximum atomic E-state index is 13.2. The number of carbonyl (C=O) groups is 2. The molecule has 0 fully saturated rings. The zero-order valence-electron chi connectivity index (χ0n) is 13.4. The highest BCUT2D eigenvalue weighted by atomic mass is 19.2. The van der Waals surface area contributed by atoms with Gasteiger partial charge in [-0.15, -0.1) is 0 Å². The van der Waals surface area contributed by atoms with Gasteiger partial charge in [0.2, 0.25) is 0 Å². The minimum Gasteiger partial charge on any atom is -0.321 e. The van der Waals surface area contributed by atoms with Crippen molar-refractivity contribution in [2.75, 3.05) is 10.6 Å². The van der Waals surface area contributed by atoms with Crippen molar-refractivity contribution in [2.24, 2.45) is 0 Å². The molecule has 0 aliphatic carbocycles. The molecule has 0 bridgehead atoms. The van der Waals surface area contributed by atoms with E-state index in [2.05, 4.69) is 15.6 Å². The number of hydrogen-bond acceptors (Lipinski definition) is 3. The van der Waals surface area contributed by atoms with E-state index in [1.165, 1.54) is 24.3 Å². The molecule has 130 valence electrons. The molecule has 1 heterocycles. The first kappa shape index (κ1) is 17.2. The molecule has 0 spiro atoms. The van der Waals surface area contributed by atoms with E-state index >= 15 is 0 Å². The van der Waals surface area contributed by atoms with Gasteiger partial charge in [-0.2, -0.15) is 0 Å². The molecule has 0 saturated heterocycles. The number of rotatable bonds is 4. The zero-order valence-corrected chi connectivity index (χ0v) is 13.4. The lowest BCUT2D eigenvalue weighted by Gasteiger charge is -2.07. The van der Waals surface area contributed by atoms with E-state index < -0.39 is 23.4 Å². The van der Waals surface area contributed by atoms with Gasteiger partial charge in [0.15, 0.2) is 11.6 Å². The molecule has 1 aromatic heterocycles. The fraction of sp³-hybridized carbons (Fsp3) is 0. The Bertz CT molecular complexity index is 962. The molecule has 3 aromatic rings. The van der Waals surface area contributed by atoms with Crippen molar-refractivity contribution in [3.8, 4) is 0 Å². The molecule has 2 aromatic carbocycles. The van der Waals surface area contributed by atoms with Gasteiger partial charge in [-0.05, 0) is 36.4 Å². The number of para-hydroxylation sites is 1. The van der Waals surface area contributed by atoms with Gasteiger partial charge < -0.3 is 10.6 Å². The lowest BCUT2D eigenvalue weighted by Crippen LogP contribution is -2.18. The summed E-state index contributed by atoms with van der Waals surface area (Å²) in [6.45, 7) is 0. The summed E-state index contributed by atoms with van der Waals surface area (Å²) in [4.78, 5) is 28.5. The SMILES string of the molecule is O=C(Nc1ccccc1)c1cccc(C(=O)Nc2ccc(F)c(F)c2)n1. The van der Waals surface area contributed by atoms with Crippen molar-refractivity contribution >= 4 is 23.2 Å². The first-order valence-corrected chi connectivity index (χ1v) is 7.63. The van der Waals surface area contributed by atoms with Crippen LogP contribution in [-0.2, 0) is 0 Å². The number of benzene rings is 2. The van der Waals surface area contributed by atoms with Crippen LogP contribution in [0.1, 0.15) is 21.0 Å². The van der Waals surface area contributed by atoms with E-state index in [9.17, 15) is 18.4 Å². The van der Waals surface area contributed by atoms with Crippen LogP contribution in [0.25, 0.3) is 0 Å². The van der Waals surface area contributed by atoms with Crippen LogP contribution in [0.2, 0.25) is 0 Å². The third-order valence-electron chi connectivity index (χ3n) is 3.42. The second-order valence-electron chi connectivity index (χ2n) is 5.31. The Hall–Kier alpha value is -3.61. The second kappa shape index (κ2) is 7.52. The average molecular weight is 353 g/mol. The number of amides is 2. The summed E-state index contributed by atoms with van der Waals surface area (Å²) in [7, 11) is 0. The molecule has 0 aliphatic heterocycles. The average Bonchev–Trinajstić information content (AvgIpc) is 2.65. The quantitative estimate of drug-likeness (QED) is 0.748. The summed E-state index contributed by atoms with van der Waals surface area (Å²) in [5.74, 6) is -3.21. The van der Waals surface area contributed by atoms with Gasteiger partial charge in [0.05, 0.1) is 0 Å². The fourth-order valence-corrected chi connectivity index (χ4v) is 2.17. The molecule has 0 radical (unpaired) electrons. The van der Waals surface area contributed by atoms with Crippen LogP contribution in [0.5, 0.6) is 0 Å². The number of anilines is 2. The van der Waals surface area contributed by atoms with Crippen LogP contribution in [-0.4, -0.2) is 16.8 Å². The van der Waals surface area contributed by atoms with Crippen LogP contribution >= 0.6 is 0 Å². The van der Waals surface area contributed by atoms with E-state index in [4.69, 9.17) is 0 Å². The minimum atomic E-state index is -1.08. The molecule has 0 atom stereocenters. The third kappa shape index (κ3) is 4.07. The number of nitrogens with one attached hydrogen (secondary N) is 2. The van der Waals surface area contributed by atoms with Crippen LogP contribution in [0.3, 0.4) is 0 Å². The van der Waals surface area contributed by atoms with E-state index in [0.29, 0.717) is 5.69 Å². The normalized spacial score (nSPS) is 10.2. The van der Waals surface area contributed by atoms with Gasteiger partial charge in [-0.3, -0.25) is 9.59 Å². The summed E-state index contributed by atoms with van der Waals surface area (Å²) in [5, 5.41) is 5.07. The van der Waals surface area contributed by atoms with Crippen LogP contribution in [0.4, 0.5) is 20.2 Å². The minimum absolute atomic E-state index is 0.0320. The van der Waals surface area contributed by atoms with Gasteiger partial charge in [0.25, 0.3) is 11.8 Å². The van der Waals surface area contributed by atoms with Crippen molar-refractivity contribution < 1.29 is 18.4 Å². The standard InChI is InChI=1S/C19H13F2N3O2/c20-14-10-9-13(11-15(14)21)23-19(26)17-8-4-7-16(24-17)18(25)22-12-5-2-1-3-6-12/h1-11H,(H,22,25)(H,23,26). The molecular formula is C19H13F2N3O2. The van der Waals surface area contributed by atoms with Crippen molar-refractivity contribution in [3.63, 3.8) is 0 Å². The summed E-state index contributed by atoms with van der Waals surface area (Å²) < 4.78 is 26.1. The molecule has 2 N–H and O–H groups in total. The van der Waals surface area contributed by atoms with Crippen molar-refractivity contribution in [3.05, 3.63) is 89.8 Å². The van der Waals surface area contributed by atoms with E-state index in [-0.39, 0.29) is 17.1 Å². The van der Waals surface area contributed by atoms with Gasteiger partial charge in [0.1, 0.15) is 11.4 Å². The van der Waals surface area contributed by atoms with E-state index in [1.54, 1.807) is 24.3 Å². The first-order valence-electron chi connectivity index (χ1n) is 7.63. The Balaban J connectivity index is 1.74. The molecule has 5 nitrogen and oxygen atoms in total. The lowest BCUT2D eigenvalue weighted by molar-refractivity contribution is 0.101. The number of nitrogens with zero attached hydrogens (tertiary/aromatic N) is 1. The number of halogens is 2. The highest BCUT2D eigenvalue weighted by Gasteiger charge is 2.13. The number of carbonyl (C=O) groups excluding carboxylic acids is 2. The summed E-state index contributed by atoms with van der Waals surface area (Å²) in [6.07, 6.45) is 0. The van der Waals surface area contributed by atoms with Crippen LogP contribution in [0.15, 0.2) is 66.7 Å². The fourth-order valence-electron chi connectivity index (χ4n) is 2.17. The zero-order chi connectivity index (χ0) is 18.5. The third-order valence-corrected chi connectivity index (χ3v) is 3.42. The topological polar surface area (TPSA) is 71.1 Å². The lowest BCUT2D eigenvalue weighted by atomic mass is 10.2. The molecule has 0 unspecified atom stereocenters. The van der Waals surface area contributed by atoms with Crippen molar-refractivity contribution in [1.82, 2.24) is 4.98 Å². The van der Waals surface area contributed by atoms with Gasteiger partial charge in [-0.25, -0.2) is 13.8 Å². The Labute approximate surface area is 147 Å². The molecule has 0 saturated carbocycles. The van der Waals surface area contributed by atoms with Crippen molar-refractivity contribution in [2.45, 2.75) is 0 Å². The second-order valence-corrected chi connectivity index (χ2v) is 5.31. The first-order chi connectivity index (χ1) is 12.5. The monoisotopic (exact) mass is 353 g/mol. The Morgan fingerprint density at radius 1 is 0.692 bits per heavy atom. The summed E-state index contributed by atoms with van der Waals surface area (Å²) >= 11 is 0. The van der Waals surface area contributed by atoms with Crippen LogP contribution in [0, 0.1) is 11.6 Å². The Kier molecular flexibility index (Phi) is 4.98. The Morgan fingerprint density at radius 2 is 1.31 bits per heavy atom. The molecule has 7 heteroatoms. The summed E-state index contributed by atoms with van der Waals surface area (Å²) in [5.41, 5.74) is 0.688. The molecule has 26 heavy (non-hydrogen) atoms. The highest BCUT2D eigenvalue weighted by molar-refractivity contribution is 6.06. The van der Waals surface area contributed by atoms with Gasteiger partial charge >= 0.3 is 0 Å².